The number of rotatable bonds is 8. The van der Waals surface area contributed by atoms with E-state index in [0.717, 1.165) is 16.2 Å². The summed E-state index contributed by atoms with van der Waals surface area (Å²) < 4.78 is 32.8. The SMILES string of the molecule is COc1cccc2oc(-c3nc4ccccc4c(=O)n3N=Cc3c(OCC(=O)Nc4ccccc4F)ccc4ccccc34)cc12. The van der Waals surface area contributed by atoms with Crippen molar-refractivity contribution in [1.82, 2.24) is 9.66 Å². The minimum Gasteiger partial charge on any atom is -0.496 e. The van der Waals surface area contributed by atoms with Crippen LogP contribution in [0.15, 0.2) is 124 Å². The van der Waals surface area contributed by atoms with Gasteiger partial charge < -0.3 is 19.2 Å². The van der Waals surface area contributed by atoms with Crippen molar-refractivity contribution in [1.29, 1.82) is 0 Å². The van der Waals surface area contributed by atoms with E-state index in [1.54, 1.807) is 55.6 Å². The van der Waals surface area contributed by atoms with Crippen LogP contribution in [0.4, 0.5) is 10.1 Å². The Morgan fingerprint density at radius 1 is 0.913 bits per heavy atom. The molecule has 0 unspecified atom stereocenters. The second-order valence-corrected chi connectivity index (χ2v) is 10.3. The van der Waals surface area contributed by atoms with Crippen LogP contribution in [-0.4, -0.2) is 35.5 Å². The van der Waals surface area contributed by atoms with Crippen molar-refractivity contribution in [2.24, 2.45) is 5.10 Å². The molecule has 2 heterocycles. The maximum absolute atomic E-state index is 14.1. The van der Waals surface area contributed by atoms with Crippen LogP contribution in [0, 0.1) is 5.82 Å². The van der Waals surface area contributed by atoms with Crippen molar-refractivity contribution >= 4 is 50.5 Å². The largest absolute Gasteiger partial charge is 0.496 e. The van der Waals surface area contributed by atoms with Crippen LogP contribution in [0.2, 0.25) is 0 Å². The molecule has 5 aromatic carbocycles. The molecule has 0 atom stereocenters. The fraction of sp³-hybridized carbons (Fsp3) is 0.0556. The first-order chi connectivity index (χ1) is 22.5. The molecule has 2 aromatic heterocycles. The van der Waals surface area contributed by atoms with E-state index in [2.05, 4.69) is 10.4 Å². The zero-order valence-electron chi connectivity index (χ0n) is 24.4. The van der Waals surface area contributed by atoms with Crippen molar-refractivity contribution < 1.29 is 23.1 Å². The molecule has 46 heavy (non-hydrogen) atoms. The van der Waals surface area contributed by atoms with Crippen molar-refractivity contribution in [3.8, 4) is 23.1 Å². The average Bonchev–Trinajstić information content (AvgIpc) is 3.53. The third kappa shape index (κ3) is 5.32. The van der Waals surface area contributed by atoms with Crippen molar-refractivity contribution in [3.63, 3.8) is 0 Å². The molecule has 7 aromatic rings. The molecule has 0 fully saturated rings. The molecular formula is C36H25FN4O5. The lowest BCUT2D eigenvalue weighted by atomic mass is 10.0. The van der Waals surface area contributed by atoms with Crippen LogP contribution in [0.25, 0.3) is 44.2 Å². The summed E-state index contributed by atoms with van der Waals surface area (Å²) in [6, 6.07) is 31.2. The first-order valence-corrected chi connectivity index (χ1v) is 14.3. The van der Waals surface area contributed by atoms with Gasteiger partial charge >= 0.3 is 0 Å². The molecule has 0 aliphatic rings. The smallest absolute Gasteiger partial charge is 0.282 e. The van der Waals surface area contributed by atoms with Gasteiger partial charge in [-0.05, 0) is 59.3 Å². The molecule has 0 saturated carbocycles. The number of nitrogens with zero attached hydrogens (tertiary/aromatic N) is 3. The number of furan rings is 1. The van der Waals surface area contributed by atoms with Crippen LogP contribution in [-0.2, 0) is 4.79 Å². The van der Waals surface area contributed by atoms with Gasteiger partial charge in [-0.15, -0.1) is 0 Å². The number of hydrogen-bond acceptors (Lipinski definition) is 7. The van der Waals surface area contributed by atoms with E-state index < -0.39 is 23.9 Å². The number of aromatic nitrogens is 2. The molecule has 7 rings (SSSR count). The Morgan fingerprint density at radius 2 is 1.70 bits per heavy atom. The summed E-state index contributed by atoms with van der Waals surface area (Å²) >= 11 is 0. The molecule has 1 N–H and O–H groups in total. The van der Waals surface area contributed by atoms with Crippen molar-refractivity contribution in [2.45, 2.75) is 0 Å². The summed E-state index contributed by atoms with van der Waals surface area (Å²) in [4.78, 5) is 31.3. The number of benzene rings is 5. The van der Waals surface area contributed by atoms with Gasteiger partial charge in [-0.1, -0.05) is 60.7 Å². The monoisotopic (exact) mass is 612 g/mol. The van der Waals surface area contributed by atoms with Crippen LogP contribution in [0.1, 0.15) is 5.56 Å². The van der Waals surface area contributed by atoms with E-state index in [0.29, 0.717) is 39.3 Å². The number of hydrogen-bond donors (Lipinski definition) is 1. The summed E-state index contributed by atoms with van der Waals surface area (Å²) in [7, 11) is 1.57. The van der Waals surface area contributed by atoms with E-state index in [-0.39, 0.29) is 11.5 Å². The number of methoxy groups -OCH3 is 1. The molecule has 9 nitrogen and oxygen atoms in total. The minimum absolute atomic E-state index is 0.0512. The summed E-state index contributed by atoms with van der Waals surface area (Å²) in [5.74, 6) is 0.357. The molecule has 0 spiro atoms. The molecule has 0 saturated heterocycles. The molecule has 0 aliphatic heterocycles. The number of amides is 1. The maximum atomic E-state index is 14.1. The Kier molecular flexibility index (Phi) is 7.43. The van der Waals surface area contributed by atoms with E-state index in [4.69, 9.17) is 18.9 Å². The first-order valence-electron chi connectivity index (χ1n) is 14.3. The number of anilines is 1. The van der Waals surface area contributed by atoms with Gasteiger partial charge in [-0.25, -0.2) is 9.37 Å². The van der Waals surface area contributed by atoms with E-state index in [1.165, 1.54) is 29.1 Å². The number of ether oxygens (including phenoxy) is 2. The quantitative estimate of drug-likeness (QED) is 0.185. The van der Waals surface area contributed by atoms with E-state index in [1.807, 2.05) is 42.5 Å². The van der Waals surface area contributed by atoms with Gasteiger partial charge in [0.05, 0.1) is 35.3 Å². The molecule has 0 aliphatic carbocycles. The molecular weight excluding hydrogens is 587 g/mol. The van der Waals surface area contributed by atoms with Crippen molar-refractivity contribution in [2.75, 3.05) is 19.0 Å². The van der Waals surface area contributed by atoms with Gasteiger partial charge in [0.1, 0.15) is 22.9 Å². The van der Waals surface area contributed by atoms with Gasteiger partial charge in [0.25, 0.3) is 11.5 Å². The highest BCUT2D eigenvalue weighted by molar-refractivity contribution is 6.03. The maximum Gasteiger partial charge on any atom is 0.282 e. The van der Waals surface area contributed by atoms with Gasteiger partial charge in [-0.2, -0.15) is 9.78 Å². The van der Waals surface area contributed by atoms with Crippen LogP contribution in [0.5, 0.6) is 11.5 Å². The third-order valence-electron chi connectivity index (χ3n) is 7.46. The second kappa shape index (κ2) is 12.0. The molecule has 226 valence electrons. The zero-order chi connectivity index (χ0) is 31.6. The lowest BCUT2D eigenvalue weighted by molar-refractivity contribution is -0.118. The van der Waals surface area contributed by atoms with Gasteiger partial charge in [0.15, 0.2) is 12.4 Å². The fourth-order valence-corrected chi connectivity index (χ4v) is 5.25. The highest BCUT2D eigenvalue weighted by atomic mass is 19.1. The van der Waals surface area contributed by atoms with Gasteiger partial charge in [0.2, 0.25) is 5.82 Å². The number of carbonyl (C=O) groups is 1. The lowest BCUT2D eigenvalue weighted by Crippen LogP contribution is -2.21. The summed E-state index contributed by atoms with van der Waals surface area (Å²) in [5, 5.41) is 9.90. The summed E-state index contributed by atoms with van der Waals surface area (Å²) in [6.45, 7) is -0.392. The first kappa shape index (κ1) is 28.5. The van der Waals surface area contributed by atoms with Gasteiger partial charge in [-0.3, -0.25) is 9.59 Å². The number of nitrogens with one attached hydrogen (secondary N) is 1. The van der Waals surface area contributed by atoms with Crippen LogP contribution in [0.3, 0.4) is 0 Å². The number of para-hydroxylation sites is 2. The van der Waals surface area contributed by atoms with Gasteiger partial charge in [0, 0.05) is 5.56 Å². The number of halogens is 1. The summed E-state index contributed by atoms with van der Waals surface area (Å²) in [5.41, 5.74) is 1.21. The average molecular weight is 613 g/mol. The Hall–Kier alpha value is -6.29. The van der Waals surface area contributed by atoms with Crippen molar-refractivity contribution in [3.05, 3.63) is 131 Å². The molecule has 0 radical (unpaired) electrons. The predicted octanol–water partition coefficient (Wildman–Crippen LogP) is 7.01. The van der Waals surface area contributed by atoms with Crippen LogP contribution >= 0.6 is 0 Å². The Labute approximate surface area is 261 Å². The van der Waals surface area contributed by atoms with E-state index >= 15 is 0 Å². The fourth-order valence-electron chi connectivity index (χ4n) is 5.25. The van der Waals surface area contributed by atoms with Crippen LogP contribution < -0.4 is 20.3 Å². The highest BCUT2D eigenvalue weighted by Crippen LogP contribution is 2.33. The summed E-state index contributed by atoms with van der Waals surface area (Å²) in [6.07, 6.45) is 1.50. The lowest BCUT2D eigenvalue weighted by Gasteiger charge is -2.13. The topological polar surface area (TPSA) is 108 Å². The minimum atomic E-state index is -0.553. The second-order valence-electron chi connectivity index (χ2n) is 10.3. The zero-order valence-corrected chi connectivity index (χ0v) is 24.4. The van der Waals surface area contributed by atoms with E-state index in [9.17, 15) is 14.0 Å². The molecule has 1 amide bonds. The highest BCUT2D eigenvalue weighted by Gasteiger charge is 2.19. The third-order valence-corrected chi connectivity index (χ3v) is 7.46. The molecule has 0 bridgehead atoms. The Balaban J connectivity index is 1.32. The Morgan fingerprint density at radius 3 is 2.54 bits per heavy atom. The number of fused-ring (bicyclic) bond motifs is 3. The standard InChI is InChI=1S/C36H25FN4O5/c1-44-30-15-8-16-32-25(30)19-33(46-32)35-40-28-13-6-4-11-24(28)36(43)41(35)38-20-26-23-10-3-2-9-22(23)17-18-31(26)45-21-34(42)39-29-14-7-5-12-27(29)37/h2-20H,21H2,1H3,(H,39,42). The predicted molar refractivity (Wildman–Crippen MR) is 175 cm³/mol. The Bertz CT molecular complexity index is 2360. The number of carbonyl (C=O) groups excluding carboxylic acids is 1. The normalized spacial score (nSPS) is 11.4. The molecule has 10 heteroatoms.